The summed E-state index contributed by atoms with van der Waals surface area (Å²) >= 11 is 1.57. The van der Waals surface area contributed by atoms with E-state index in [0.29, 0.717) is 19.1 Å². The molecule has 1 fully saturated rings. The summed E-state index contributed by atoms with van der Waals surface area (Å²) in [6.07, 6.45) is 3.91. The molecule has 2 amide bonds. The Kier molecular flexibility index (Phi) is 7.51. The van der Waals surface area contributed by atoms with Crippen molar-refractivity contribution in [3.05, 3.63) is 24.3 Å². The van der Waals surface area contributed by atoms with E-state index in [1.54, 1.807) is 11.8 Å². The first kappa shape index (κ1) is 23.4. The lowest BCUT2D eigenvalue weighted by molar-refractivity contribution is -0.144. The molecule has 0 saturated heterocycles. The largest absolute Gasteiger partial charge is 0.480 e. The van der Waals surface area contributed by atoms with Gasteiger partial charge in [0.15, 0.2) is 5.16 Å². The van der Waals surface area contributed by atoms with Gasteiger partial charge in [-0.1, -0.05) is 51.6 Å². The predicted octanol–water partition coefficient (Wildman–Crippen LogP) is 4.77. The van der Waals surface area contributed by atoms with Crippen LogP contribution in [0.5, 0.6) is 0 Å². The average Bonchev–Trinajstić information content (AvgIpc) is 3.48. The summed E-state index contributed by atoms with van der Waals surface area (Å²) in [6, 6.07) is 7.36. The lowest BCUT2D eigenvalue weighted by Gasteiger charge is -2.30. The number of carbonyl (C=O) groups is 2. The van der Waals surface area contributed by atoms with Crippen LogP contribution < -0.4 is 5.32 Å². The molecule has 1 atom stereocenters. The lowest BCUT2D eigenvalue weighted by atomic mass is 9.86. The van der Waals surface area contributed by atoms with Crippen LogP contribution in [0.4, 0.5) is 4.79 Å². The van der Waals surface area contributed by atoms with Crippen molar-refractivity contribution in [3.63, 3.8) is 0 Å². The van der Waals surface area contributed by atoms with Gasteiger partial charge in [0.25, 0.3) is 0 Å². The molecule has 1 heterocycles. The number of imidazole rings is 1. The molecular formula is C23H34N4O3S. The maximum atomic E-state index is 12.4. The van der Waals surface area contributed by atoms with Crippen molar-refractivity contribution in [3.8, 4) is 0 Å². The van der Waals surface area contributed by atoms with Crippen molar-refractivity contribution in [2.24, 2.45) is 5.41 Å². The number of aromatic nitrogens is 2. The SMILES string of the molecule is CCCNC(=O)N(CCCSc1nc2ccccc2n1C(C(=O)O)C(C)(C)C)C1CC1. The van der Waals surface area contributed by atoms with E-state index >= 15 is 0 Å². The number of hydrogen-bond acceptors (Lipinski definition) is 4. The fourth-order valence-corrected chi connectivity index (χ4v) is 4.77. The standard InChI is InChI=1S/C23H34N4O3S/c1-5-13-24-21(30)26(16-11-12-16)14-8-15-31-22-25-17-9-6-7-10-18(17)27(22)19(20(28)29)23(2,3)4/h6-7,9-10,16,19H,5,8,11-15H2,1-4H3,(H,24,30)(H,28,29). The highest BCUT2D eigenvalue weighted by Gasteiger charge is 2.36. The van der Waals surface area contributed by atoms with Gasteiger partial charge >= 0.3 is 12.0 Å². The number of nitrogens with zero attached hydrogens (tertiary/aromatic N) is 3. The van der Waals surface area contributed by atoms with Crippen LogP contribution >= 0.6 is 11.8 Å². The molecule has 0 bridgehead atoms. The molecule has 1 aromatic carbocycles. The van der Waals surface area contributed by atoms with Gasteiger partial charge in [-0.05, 0) is 43.2 Å². The second-order valence-electron chi connectivity index (χ2n) is 9.22. The fraction of sp³-hybridized carbons (Fsp3) is 0.609. The molecule has 0 spiro atoms. The number of para-hydroxylation sites is 2. The molecule has 2 N–H and O–H groups in total. The number of benzene rings is 1. The number of fused-ring (bicyclic) bond motifs is 1. The highest BCUT2D eigenvalue weighted by Crippen LogP contribution is 2.37. The molecular weight excluding hydrogens is 412 g/mol. The maximum Gasteiger partial charge on any atom is 0.327 e. The molecule has 1 unspecified atom stereocenters. The summed E-state index contributed by atoms with van der Waals surface area (Å²) in [7, 11) is 0. The molecule has 1 aliphatic carbocycles. The van der Waals surface area contributed by atoms with E-state index < -0.39 is 17.4 Å². The van der Waals surface area contributed by atoms with Crippen LogP contribution in [0, 0.1) is 5.41 Å². The van der Waals surface area contributed by atoms with Crippen LogP contribution in [-0.4, -0.2) is 56.4 Å². The lowest BCUT2D eigenvalue weighted by Crippen LogP contribution is -2.42. The van der Waals surface area contributed by atoms with Gasteiger partial charge in [0.05, 0.1) is 11.0 Å². The molecule has 2 aromatic rings. The Hall–Kier alpha value is -2.22. The number of hydrogen-bond donors (Lipinski definition) is 2. The van der Waals surface area contributed by atoms with Crippen molar-refractivity contribution in [2.75, 3.05) is 18.8 Å². The fourth-order valence-electron chi connectivity index (χ4n) is 3.81. The van der Waals surface area contributed by atoms with Crippen LogP contribution in [0.15, 0.2) is 29.4 Å². The normalized spacial score (nSPS) is 15.1. The van der Waals surface area contributed by atoms with E-state index in [9.17, 15) is 14.7 Å². The number of carbonyl (C=O) groups excluding carboxylic acids is 1. The van der Waals surface area contributed by atoms with Gasteiger partial charge in [-0.15, -0.1) is 0 Å². The van der Waals surface area contributed by atoms with Gasteiger partial charge in [-0.2, -0.15) is 0 Å². The van der Waals surface area contributed by atoms with Gasteiger partial charge in [-0.25, -0.2) is 14.6 Å². The molecule has 0 aliphatic heterocycles. The Labute approximate surface area is 188 Å². The van der Waals surface area contributed by atoms with Crippen molar-refractivity contribution in [1.29, 1.82) is 0 Å². The highest BCUT2D eigenvalue weighted by molar-refractivity contribution is 7.99. The minimum absolute atomic E-state index is 0.0280. The average molecular weight is 447 g/mol. The van der Waals surface area contributed by atoms with E-state index in [4.69, 9.17) is 4.98 Å². The molecule has 8 heteroatoms. The first-order valence-corrected chi connectivity index (χ1v) is 12.1. The highest BCUT2D eigenvalue weighted by atomic mass is 32.2. The molecule has 0 radical (unpaired) electrons. The number of thioether (sulfide) groups is 1. The summed E-state index contributed by atoms with van der Waals surface area (Å²) in [5, 5.41) is 13.7. The van der Waals surface area contributed by atoms with E-state index in [1.165, 1.54) is 0 Å². The molecule has 3 rings (SSSR count). The summed E-state index contributed by atoms with van der Waals surface area (Å²) in [5.41, 5.74) is 1.18. The molecule has 1 aliphatic rings. The molecule has 7 nitrogen and oxygen atoms in total. The molecule has 1 saturated carbocycles. The second-order valence-corrected chi connectivity index (χ2v) is 10.3. The Morgan fingerprint density at radius 1 is 1.32 bits per heavy atom. The van der Waals surface area contributed by atoms with Gasteiger partial charge in [0.2, 0.25) is 0 Å². The summed E-state index contributed by atoms with van der Waals surface area (Å²) in [6.45, 7) is 9.28. The topological polar surface area (TPSA) is 87.5 Å². The summed E-state index contributed by atoms with van der Waals surface area (Å²) in [4.78, 5) is 31.3. The number of nitrogens with one attached hydrogen (secondary N) is 1. The Morgan fingerprint density at radius 3 is 2.65 bits per heavy atom. The summed E-state index contributed by atoms with van der Waals surface area (Å²) < 4.78 is 1.87. The van der Waals surface area contributed by atoms with Crippen molar-refractivity contribution in [2.45, 2.75) is 70.6 Å². The number of carboxylic acid groups (broad SMARTS) is 1. The van der Waals surface area contributed by atoms with Crippen molar-refractivity contribution < 1.29 is 14.7 Å². The smallest absolute Gasteiger partial charge is 0.327 e. The van der Waals surface area contributed by atoms with Gasteiger partial charge in [-0.3, -0.25) is 0 Å². The van der Waals surface area contributed by atoms with Crippen LogP contribution in [0.25, 0.3) is 11.0 Å². The Balaban J connectivity index is 1.73. The van der Waals surface area contributed by atoms with Crippen LogP contribution in [0.3, 0.4) is 0 Å². The number of rotatable bonds is 10. The van der Waals surface area contributed by atoms with E-state index in [2.05, 4.69) is 5.32 Å². The van der Waals surface area contributed by atoms with E-state index in [1.807, 2.05) is 61.4 Å². The van der Waals surface area contributed by atoms with Gasteiger partial charge in [0, 0.05) is 24.9 Å². The third-order valence-corrected chi connectivity index (χ3v) is 6.46. The number of amides is 2. The zero-order chi connectivity index (χ0) is 22.6. The van der Waals surface area contributed by atoms with E-state index in [-0.39, 0.29) is 6.03 Å². The molecule has 170 valence electrons. The monoisotopic (exact) mass is 446 g/mol. The zero-order valence-electron chi connectivity index (χ0n) is 18.9. The number of aliphatic carboxylic acids is 1. The van der Waals surface area contributed by atoms with Crippen LogP contribution in [-0.2, 0) is 4.79 Å². The maximum absolute atomic E-state index is 12.4. The zero-order valence-corrected chi connectivity index (χ0v) is 19.7. The number of urea groups is 1. The third kappa shape index (κ3) is 5.73. The van der Waals surface area contributed by atoms with Gasteiger partial charge in [0.1, 0.15) is 6.04 Å². The molecule has 1 aromatic heterocycles. The van der Waals surface area contributed by atoms with Gasteiger partial charge < -0.3 is 19.9 Å². The van der Waals surface area contributed by atoms with Crippen LogP contribution in [0.2, 0.25) is 0 Å². The quantitative estimate of drug-likeness (QED) is 0.405. The Morgan fingerprint density at radius 2 is 2.03 bits per heavy atom. The first-order valence-electron chi connectivity index (χ1n) is 11.1. The summed E-state index contributed by atoms with van der Waals surface area (Å²) in [5.74, 6) is -0.0885. The third-order valence-electron chi connectivity index (χ3n) is 5.43. The minimum atomic E-state index is -0.856. The van der Waals surface area contributed by atoms with Crippen molar-refractivity contribution >= 4 is 34.8 Å². The molecule has 31 heavy (non-hydrogen) atoms. The second kappa shape index (κ2) is 9.94. The number of carboxylic acids is 1. The van der Waals surface area contributed by atoms with Crippen LogP contribution in [0.1, 0.15) is 59.4 Å². The van der Waals surface area contributed by atoms with Crippen molar-refractivity contribution in [1.82, 2.24) is 19.8 Å². The minimum Gasteiger partial charge on any atom is -0.480 e. The van der Waals surface area contributed by atoms with E-state index in [0.717, 1.165) is 47.6 Å². The predicted molar refractivity (Wildman–Crippen MR) is 125 cm³/mol. The Bertz CT molecular complexity index is 917. The first-order chi connectivity index (χ1) is 14.7.